The molecule has 24 heavy (non-hydrogen) atoms. The number of aromatic nitrogens is 2. The summed E-state index contributed by atoms with van der Waals surface area (Å²) < 4.78 is 15.6. The van der Waals surface area contributed by atoms with E-state index in [9.17, 15) is 4.79 Å². The third kappa shape index (κ3) is 3.15. The first-order valence-electron chi connectivity index (χ1n) is 7.36. The van der Waals surface area contributed by atoms with E-state index < -0.39 is 0 Å². The van der Waals surface area contributed by atoms with E-state index in [4.69, 9.17) is 13.8 Å². The summed E-state index contributed by atoms with van der Waals surface area (Å²) in [5.41, 5.74) is 1.64. The van der Waals surface area contributed by atoms with Crippen LogP contribution < -0.4 is 4.74 Å². The zero-order valence-electron chi connectivity index (χ0n) is 13.6. The zero-order valence-corrected chi connectivity index (χ0v) is 13.6. The van der Waals surface area contributed by atoms with Crippen LogP contribution in [0.5, 0.6) is 5.75 Å². The van der Waals surface area contributed by atoms with Gasteiger partial charge in [-0.25, -0.2) is 0 Å². The minimum absolute atomic E-state index is 0.221. The van der Waals surface area contributed by atoms with Gasteiger partial charge in [0.05, 0.1) is 19.2 Å². The fraction of sp³-hybridized carbons (Fsp3) is 0.235. The first-order chi connectivity index (χ1) is 11.6. The van der Waals surface area contributed by atoms with Gasteiger partial charge in [-0.15, -0.1) is 0 Å². The fourth-order valence-corrected chi connectivity index (χ4v) is 2.35. The molecule has 3 rings (SSSR count). The molecule has 0 radical (unpaired) electrons. The Labute approximate surface area is 138 Å². The molecule has 0 N–H and O–H groups in total. The lowest BCUT2D eigenvalue weighted by molar-refractivity contribution is 0.0772. The summed E-state index contributed by atoms with van der Waals surface area (Å²) in [6.45, 7) is 2.13. The Kier molecular flexibility index (Phi) is 4.33. The summed E-state index contributed by atoms with van der Waals surface area (Å²) in [4.78, 5) is 14.0. The lowest BCUT2D eigenvalue weighted by Crippen LogP contribution is -2.26. The van der Waals surface area contributed by atoms with Crippen molar-refractivity contribution >= 4 is 5.91 Å². The molecule has 2 heterocycles. The van der Waals surface area contributed by atoms with E-state index in [0.717, 1.165) is 5.56 Å². The predicted molar refractivity (Wildman–Crippen MR) is 85.5 cm³/mol. The molecule has 0 saturated carbocycles. The molecular formula is C17H17N3O4. The monoisotopic (exact) mass is 327 g/mol. The molecule has 0 aliphatic carbocycles. The van der Waals surface area contributed by atoms with Crippen LogP contribution in [0.4, 0.5) is 0 Å². The molecule has 0 atom stereocenters. The van der Waals surface area contributed by atoms with Gasteiger partial charge in [-0.1, -0.05) is 22.4 Å². The molecule has 0 fully saturated rings. The maximum atomic E-state index is 12.5. The van der Waals surface area contributed by atoms with Crippen LogP contribution in [-0.2, 0) is 6.54 Å². The Bertz CT molecular complexity index is 853. The second kappa shape index (κ2) is 6.57. The Morgan fingerprint density at radius 1 is 1.21 bits per heavy atom. The molecule has 3 aromatic rings. The maximum Gasteiger partial charge on any atom is 0.276 e. The molecule has 1 amide bonds. The van der Waals surface area contributed by atoms with Gasteiger partial charge in [0, 0.05) is 19.2 Å². The summed E-state index contributed by atoms with van der Waals surface area (Å²) in [5.74, 6) is 1.56. The Morgan fingerprint density at radius 2 is 2.00 bits per heavy atom. The van der Waals surface area contributed by atoms with Crippen molar-refractivity contribution in [1.82, 2.24) is 15.2 Å². The summed E-state index contributed by atoms with van der Waals surface area (Å²) in [6, 6.07) is 10.8. The second-order valence-corrected chi connectivity index (χ2v) is 5.37. The van der Waals surface area contributed by atoms with Crippen molar-refractivity contribution in [3.63, 3.8) is 0 Å². The Balaban J connectivity index is 1.78. The SMILES string of the molecule is COc1ccccc1-c1cc(C(=O)N(C)Cc2cc(C)on2)no1. The molecular weight excluding hydrogens is 310 g/mol. The summed E-state index contributed by atoms with van der Waals surface area (Å²) in [6.07, 6.45) is 0. The number of hydrogen-bond donors (Lipinski definition) is 0. The molecule has 0 bridgehead atoms. The molecule has 0 saturated heterocycles. The van der Waals surface area contributed by atoms with Crippen molar-refractivity contribution in [3.05, 3.63) is 53.5 Å². The fourth-order valence-electron chi connectivity index (χ4n) is 2.35. The third-order valence-corrected chi connectivity index (χ3v) is 3.52. The molecule has 124 valence electrons. The van der Waals surface area contributed by atoms with Crippen LogP contribution in [0.25, 0.3) is 11.3 Å². The van der Waals surface area contributed by atoms with Crippen molar-refractivity contribution in [2.24, 2.45) is 0 Å². The number of rotatable bonds is 5. The van der Waals surface area contributed by atoms with E-state index in [1.807, 2.05) is 24.3 Å². The predicted octanol–water partition coefficient (Wildman–Crippen LogP) is 2.92. The van der Waals surface area contributed by atoms with Crippen molar-refractivity contribution in [1.29, 1.82) is 0 Å². The molecule has 2 aromatic heterocycles. The molecule has 0 unspecified atom stereocenters. The van der Waals surface area contributed by atoms with Gasteiger partial charge in [-0.05, 0) is 19.1 Å². The molecule has 1 aromatic carbocycles. The second-order valence-electron chi connectivity index (χ2n) is 5.37. The zero-order chi connectivity index (χ0) is 17.1. The number of amides is 1. The Morgan fingerprint density at radius 3 is 2.71 bits per heavy atom. The van der Waals surface area contributed by atoms with E-state index in [1.165, 1.54) is 4.90 Å². The number of methoxy groups -OCH3 is 1. The highest BCUT2D eigenvalue weighted by atomic mass is 16.5. The average molecular weight is 327 g/mol. The van der Waals surface area contributed by atoms with Gasteiger partial charge in [-0.3, -0.25) is 4.79 Å². The van der Waals surface area contributed by atoms with Crippen LogP contribution in [0, 0.1) is 6.92 Å². The van der Waals surface area contributed by atoms with E-state index in [-0.39, 0.29) is 11.6 Å². The van der Waals surface area contributed by atoms with Crippen molar-refractivity contribution in [2.75, 3.05) is 14.2 Å². The number of benzene rings is 1. The number of nitrogens with zero attached hydrogens (tertiary/aromatic N) is 3. The molecule has 0 spiro atoms. The van der Waals surface area contributed by atoms with Gasteiger partial charge >= 0.3 is 0 Å². The summed E-state index contributed by atoms with van der Waals surface area (Å²) in [5, 5.41) is 7.75. The topological polar surface area (TPSA) is 81.6 Å². The number of hydrogen-bond acceptors (Lipinski definition) is 6. The van der Waals surface area contributed by atoms with Gasteiger partial charge in [-0.2, -0.15) is 0 Å². The van der Waals surface area contributed by atoms with Crippen LogP contribution in [0.1, 0.15) is 21.9 Å². The van der Waals surface area contributed by atoms with E-state index in [0.29, 0.717) is 29.5 Å². The highest BCUT2D eigenvalue weighted by Gasteiger charge is 2.20. The number of ether oxygens (including phenoxy) is 1. The molecule has 7 heteroatoms. The molecule has 7 nitrogen and oxygen atoms in total. The average Bonchev–Trinajstić information content (AvgIpc) is 3.23. The minimum atomic E-state index is -0.263. The minimum Gasteiger partial charge on any atom is -0.496 e. The molecule has 0 aliphatic rings. The number of para-hydroxylation sites is 1. The van der Waals surface area contributed by atoms with E-state index in [2.05, 4.69) is 10.3 Å². The van der Waals surface area contributed by atoms with Crippen LogP contribution in [0.2, 0.25) is 0 Å². The van der Waals surface area contributed by atoms with Crippen LogP contribution >= 0.6 is 0 Å². The normalized spacial score (nSPS) is 10.6. The standard InChI is InChI=1S/C17H17N3O4/c1-11-8-12(18-23-11)10-20(2)17(21)14-9-16(24-19-14)13-6-4-5-7-15(13)22-3/h4-9H,10H2,1-3H3. The highest BCUT2D eigenvalue weighted by molar-refractivity contribution is 5.93. The van der Waals surface area contributed by atoms with Crippen LogP contribution in [-0.4, -0.2) is 35.3 Å². The summed E-state index contributed by atoms with van der Waals surface area (Å²) >= 11 is 0. The van der Waals surface area contributed by atoms with Crippen molar-refractivity contribution < 1.29 is 18.6 Å². The number of carbonyl (C=O) groups is 1. The van der Waals surface area contributed by atoms with Gasteiger partial charge < -0.3 is 18.7 Å². The van der Waals surface area contributed by atoms with Gasteiger partial charge in [0.25, 0.3) is 5.91 Å². The lowest BCUT2D eigenvalue weighted by atomic mass is 10.1. The van der Waals surface area contributed by atoms with Gasteiger partial charge in [0.2, 0.25) is 0 Å². The van der Waals surface area contributed by atoms with Crippen molar-refractivity contribution in [3.8, 4) is 17.1 Å². The number of aryl methyl sites for hydroxylation is 1. The van der Waals surface area contributed by atoms with E-state index >= 15 is 0 Å². The lowest BCUT2D eigenvalue weighted by Gasteiger charge is -2.13. The van der Waals surface area contributed by atoms with Crippen LogP contribution in [0.15, 0.2) is 45.4 Å². The van der Waals surface area contributed by atoms with Gasteiger partial charge in [0.15, 0.2) is 11.5 Å². The summed E-state index contributed by atoms with van der Waals surface area (Å²) in [7, 11) is 3.25. The highest BCUT2D eigenvalue weighted by Crippen LogP contribution is 2.30. The Hall–Kier alpha value is -3.09. The number of carbonyl (C=O) groups excluding carboxylic acids is 1. The van der Waals surface area contributed by atoms with E-state index in [1.54, 1.807) is 33.2 Å². The first kappa shape index (κ1) is 15.8. The largest absolute Gasteiger partial charge is 0.496 e. The first-order valence-corrected chi connectivity index (χ1v) is 7.36. The maximum absolute atomic E-state index is 12.5. The van der Waals surface area contributed by atoms with Crippen molar-refractivity contribution in [2.45, 2.75) is 13.5 Å². The van der Waals surface area contributed by atoms with Gasteiger partial charge in [0.1, 0.15) is 17.2 Å². The molecule has 0 aliphatic heterocycles. The quantitative estimate of drug-likeness (QED) is 0.716. The third-order valence-electron chi connectivity index (χ3n) is 3.52. The smallest absolute Gasteiger partial charge is 0.276 e. The van der Waals surface area contributed by atoms with Crippen LogP contribution in [0.3, 0.4) is 0 Å².